The van der Waals surface area contributed by atoms with Gasteiger partial charge in [0.25, 0.3) is 0 Å². The van der Waals surface area contributed by atoms with E-state index in [1.165, 1.54) is 36.8 Å². The van der Waals surface area contributed by atoms with Gasteiger partial charge in [-0.2, -0.15) is 11.3 Å². The lowest BCUT2D eigenvalue weighted by Gasteiger charge is -2.42. The molecule has 3 saturated carbocycles. The van der Waals surface area contributed by atoms with Gasteiger partial charge in [-0.25, -0.2) is 0 Å². The van der Waals surface area contributed by atoms with Crippen LogP contribution < -0.4 is 10.4 Å². The molecule has 0 amide bonds. The van der Waals surface area contributed by atoms with Gasteiger partial charge in [0.2, 0.25) is 0 Å². The molecule has 11 aliphatic rings. The Morgan fingerprint density at radius 1 is 0.831 bits per heavy atom. The highest BCUT2D eigenvalue weighted by atomic mass is 32.1. The maximum Gasteiger partial charge on any atom is 0.305 e. The standard InChI is InChI=1S/C56H38O2S/c57-32(58-11-8-22-9-12-59-21-22)7-4-10-55(30-5-2-1-3-6-30)54-31-19-28-17-25-15-26-14-23-13-24-16-27-18-29-20-56(54,55)53-39(29)44-38(27)43-34(24)33(23)41-37(26)42-35(25)36(28)45-40(31)52(53)51-49(44)47(43)46(41)48(42)50(45)51/h1-3,5-6,9,12,15-16,19,21,23,26-27,29,33,37,54H,4,7-8,10-11,13-14,17-18,20H2. The lowest BCUT2D eigenvalue weighted by atomic mass is 9.61. The van der Waals surface area contributed by atoms with Gasteiger partial charge in [0.05, 0.1) is 6.61 Å². The van der Waals surface area contributed by atoms with Gasteiger partial charge >= 0.3 is 5.97 Å². The molecule has 2 nitrogen and oxygen atoms in total. The molecule has 280 valence electrons. The Morgan fingerprint density at radius 2 is 1.73 bits per heavy atom. The predicted molar refractivity (Wildman–Crippen MR) is 236 cm³/mol. The fourth-order valence-corrected chi connectivity index (χ4v) is 19.6. The topological polar surface area (TPSA) is 26.3 Å². The quantitative estimate of drug-likeness (QED) is 0.114. The van der Waals surface area contributed by atoms with Gasteiger partial charge in [-0.1, -0.05) is 48.6 Å². The summed E-state index contributed by atoms with van der Waals surface area (Å²) < 4.78 is 5.92. The molecule has 3 heteroatoms. The fourth-order valence-electron chi connectivity index (χ4n) is 18.9. The van der Waals surface area contributed by atoms with E-state index in [-0.39, 0.29) is 16.8 Å². The number of ether oxygens (including phenoxy) is 1. The van der Waals surface area contributed by atoms with Crippen molar-refractivity contribution in [2.24, 2.45) is 17.8 Å². The first-order chi connectivity index (χ1) is 29.2. The van der Waals surface area contributed by atoms with Crippen LogP contribution in [-0.4, -0.2) is 12.6 Å². The van der Waals surface area contributed by atoms with Crippen molar-refractivity contribution >= 4 is 87.9 Å². The minimum atomic E-state index is -0.0434. The lowest BCUT2D eigenvalue weighted by molar-refractivity contribution is -0.143. The van der Waals surface area contributed by atoms with Crippen molar-refractivity contribution in [1.82, 2.24) is 0 Å². The molecule has 7 aromatic carbocycles. The number of thiophene rings is 1. The van der Waals surface area contributed by atoms with E-state index < -0.39 is 0 Å². The van der Waals surface area contributed by atoms with E-state index >= 15 is 0 Å². The van der Waals surface area contributed by atoms with Crippen molar-refractivity contribution < 1.29 is 9.53 Å². The van der Waals surface area contributed by atoms with Gasteiger partial charge in [0, 0.05) is 47.3 Å². The van der Waals surface area contributed by atoms with E-state index in [1.54, 1.807) is 126 Å². The third-order valence-electron chi connectivity index (χ3n) is 19.8. The summed E-state index contributed by atoms with van der Waals surface area (Å²) in [6.07, 6.45) is 15.2. The largest absolute Gasteiger partial charge is 0.465 e. The Bertz CT molecular complexity index is 3710. The minimum absolute atomic E-state index is 0.0300. The maximum atomic E-state index is 13.5. The van der Waals surface area contributed by atoms with Crippen molar-refractivity contribution in [2.45, 2.75) is 92.3 Å². The molecule has 9 atom stereocenters. The predicted octanol–water partition coefficient (Wildman–Crippen LogP) is 11.0. The number of esters is 1. The highest BCUT2D eigenvalue weighted by Crippen LogP contribution is 2.87. The minimum Gasteiger partial charge on any atom is -0.465 e. The first-order valence-electron chi connectivity index (χ1n) is 23.0. The van der Waals surface area contributed by atoms with E-state index in [1.807, 2.05) is 11.1 Å². The molecule has 0 radical (unpaired) electrons. The highest BCUT2D eigenvalue weighted by Gasteiger charge is 2.81. The van der Waals surface area contributed by atoms with E-state index in [0.717, 1.165) is 31.6 Å². The van der Waals surface area contributed by atoms with Crippen LogP contribution in [0, 0.1) is 17.8 Å². The monoisotopic (exact) mass is 774 g/mol. The van der Waals surface area contributed by atoms with Gasteiger partial charge in [-0.3, -0.25) is 4.79 Å². The summed E-state index contributed by atoms with van der Waals surface area (Å²) in [5.74, 6) is 4.15. The first-order valence-corrected chi connectivity index (χ1v) is 23.9. The smallest absolute Gasteiger partial charge is 0.305 e. The second-order valence-corrected chi connectivity index (χ2v) is 22.1. The number of fused-ring (bicyclic) bond motifs is 1. The van der Waals surface area contributed by atoms with Crippen molar-refractivity contribution in [2.75, 3.05) is 6.61 Å². The van der Waals surface area contributed by atoms with E-state index in [4.69, 9.17) is 4.74 Å². The summed E-state index contributed by atoms with van der Waals surface area (Å²) in [7, 11) is 0. The molecule has 19 rings (SSSR count). The second-order valence-electron chi connectivity index (χ2n) is 21.3. The summed E-state index contributed by atoms with van der Waals surface area (Å²) in [5, 5.41) is 24.8. The molecule has 1 spiro atoms. The van der Waals surface area contributed by atoms with Crippen molar-refractivity contribution in [3.05, 3.63) is 131 Å². The van der Waals surface area contributed by atoms with Crippen LogP contribution in [0.2, 0.25) is 0 Å². The third kappa shape index (κ3) is 2.58. The molecule has 0 saturated heterocycles. The Morgan fingerprint density at radius 3 is 2.64 bits per heavy atom. The van der Waals surface area contributed by atoms with Crippen LogP contribution in [0.3, 0.4) is 0 Å². The van der Waals surface area contributed by atoms with Crippen LogP contribution in [-0.2, 0) is 33.2 Å². The third-order valence-corrected chi connectivity index (χ3v) is 20.5. The summed E-state index contributed by atoms with van der Waals surface area (Å²) in [6.45, 7) is 0.473. The van der Waals surface area contributed by atoms with Crippen LogP contribution >= 0.6 is 11.3 Å². The van der Waals surface area contributed by atoms with E-state index in [2.05, 4.69) is 65.4 Å². The van der Waals surface area contributed by atoms with Crippen molar-refractivity contribution in [3.8, 4) is 0 Å². The Balaban J connectivity index is 0.937. The van der Waals surface area contributed by atoms with Crippen LogP contribution in [0.1, 0.15) is 119 Å². The highest BCUT2D eigenvalue weighted by molar-refractivity contribution is 7.07. The van der Waals surface area contributed by atoms with Gasteiger partial charge in [0.1, 0.15) is 0 Å². The number of carbonyl (C=O) groups excluding carboxylic acids is 1. The zero-order chi connectivity index (χ0) is 37.3. The van der Waals surface area contributed by atoms with Crippen LogP contribution in [0.5, 0.6) is 0 Å². The average molecular weight is 775 g/mol. The van der Waals surface area contributed by atoms with Crippen LogP contribution in [0.25, 0.3) is 70.6 Å². The van der Waals surface area contributed by atoms with Crippen LogP contribution in [0.15, 0.2) is 70.9 Å². The summed E-state index contributed by atoms with van der Waals surface area (Å²) in [5.41, 5.74) is 22.0. The first kappa shape index (κ1) is 29.3. The van der Waals surface area contributed by atoms with E-state index in [0.29, 0.717) is 48.5 Å². The molecule has 59 heavy (non-hydrogen) atoms. The van der Waals surface area contributed by atoms with E-state index in [9.17, 15) is 4.79 Å². The summed E-state index contributed by atoms with van der Waals surface area (Å²) >= 11 is 1.71. The average Bonchev–Trinajstić information content (AvgIpc) is 4.03. The molecule has 0 bridgehead atoms. The molecule has 1 aromatic heterocycles. The van der Waals surface area contributed by atoms with Gasteiger partial charge in [-0.15, -0.1) is 0 Å². The molecule has 0 aliphatic heterocycles. The number of hydrogen-bond acceptors (Lipinski definition) is 3. The SMILES string of the molecule is O=C(CCCC1(c2ccccc2)C2c3cc4c5c6c7c8c9c%10c%11c%12c%13c%14c(c%15c3c5c8c%15c%13%10)C21CC%14CC%12C=C1CC2CC(C=C6C4)C7C=9C2C=%111)OCCc1ccsc1. The molecule has 8 aromatic rings. The Labute approximate surface area is 343 Å². The lowest BCUT2D eigenvalue weighted by Crippen LogP contribution is -2.36. The zero-order valence-electron chi connectivity index (χ0n) is 32.7. The van der Waals surface area contributed by atoms with Gasteiger partial charge in [-0.05, 0) is 216 Å². The molecule has 9 unspecified atom stereocenters. The van der Waals surface area contributed by atoms with Gasteiger partial charge < -0.3 is 4.74 Å². The Kier molecular flexibility index (Phi) is 4.27. The van der Waals surface area contributed by atoms with Crippen LogP contribution in [0.4, 0.5) is 0 Å². The normalized spacial score (nSPS) is 33.6. The number of rotatable bonds is 8. The number of allylic oxidation sites excluding steroid dienone is 4. The van der Waals surface area contributed by atoms with Gasteiger partial charge in [0.15, 0.2) is 0 Å². The molecular weight excluding hydrogens is 737 g/mol. The Hall–Kier alpha value is -4.99. The zero-order valence-corrected chi connectivity index (χ0v) is 33.5. The molecule has 3 fully saturated rings. The number of hydrogen-bond donors (Lipinski definition) is 0. The number of carbonyl (C=O) groups is 1. The summed E-state index contributed by atoms with van der Waals surface area (Å²) in [6, 6.07) is 16.7. The maximum absolute atomic E-state index is 13.5. The molecule has 1 heterocycles. The fraction of sp³-hybridized carbons (Fsp3) is 0.339. The molecule has 0 N–H and O–H groups in total. The molecular formula is C56H38O2S. The van der Waals surface area contributed by atoms with Crippen molar-refractivity contribution in [1.29, 1.82) is 0 Å². The summed E-state index contributed by atoms with van der Waals surface area (Å²) in [4.78, 5) is 13.5. The molecule has 11 aliphatic carbocycles. The number of benzene rings is 5. The van der Waals surface area contributed by atoms with Crippen molar-refractivity contribution in [3.63, 3.8) is 0 Å². The second kappa shape index (κ2) is 8.62.